The summed E-state index contributed by atoms with van der Waals surface area (Å²) in [4.78, 5) is 11.5. The molecule has 23 heavy (non-hydrogen) atoms. The summed E-state index contributed by atoms with van der Waals surface area (Å²) in [5.74, 6) is -0.786. The number of carbonyl (C=O) groups is 1. The van der Waals surface area contributed by atoms with Crippen molar-refractivity contribution >= 4 is 16.0 Å². The zero-order valence-corrected chi connectivity index (χ0v) is 14.5. The zero-order chi connectivity index (χ0) is 17.6. The highest BCUT2D eigenvalue weighted by Gasteiger charge is 2.23. The number of esters is 1. The minimum Gasteiger partial charge on any atom is -0.507 e. The summed E-state index contributed by atoms with van der Waals surface area (Å²) in [7, 11) is -1.09. The number of carbonyl (C=O) groups excluding carboxylic acids is 1. The van der Waals surface area contributed by atoms with E-state index in [0.717, 1.165) is 19.6 Å². The number of methoxy groups -OCH3 is 1. The molecule has 0 heterocycles. The topological polar surface area (TPSA) is 83.9 Å². The van der Waals surface area contributed by atoms with Gasteiger partial charge in [-0.25, -0.2) is 17.5 Å². The first kappa shape index (κ1) is 19.2. The highest BCUT2D eigenvalue weighted by molar-refractivity contribution is 7.89. The molecule has 1 atom stereocenters. The number of benzene rings is 1. The minimum absolute atomic E-state index is 0.0602. The molecule has 0 aliphatic heterocycles. The van der Waals surface area contributed by atoms with Crippen LogP contribution in [0.5, 0.6) is 5.75 Å². The van der Waals surface area contributed by atoms with E-state index >= 15 is 0 Å². The Balaban J connectivity index is 2.95. The van der Waals surface area contributed by atoms with Crippen LogP contribution in [0.2, 0.25) is 0 Å². The largest absolute Gasteiger partial charge is 0.507 e. The Morgan fingerprint density at radius 2 is 2.13 bits per heavy atom. The van der Waals surface area contributed by atoms with Crippen molar-refractivity contribution in [3.8, 4) is 5.75 Å². The first-order valence-corrected chi connectivity index (χ1v) is 8.68. The van der Waals surface area contributed by atoms with Crippen molar-refractivity contribution in [3.05, 3.63) is 36.4 Å². The van der Waals surface area contributed by atoms with E-state index in [9.17, 15) is 18.3 Å². The van der Waals surface area contributed by atoms with E-state index in [2.05, 4.69) is 11.3 Å². The number of ether oxygens (including phenoxy) is 1. The number of sulfonamides is 1. The van der Waals surface area contributed by atoms with Gasteiger partial charge in [-0.05, 0) is 37.0 Å². The molecule has 0 fully saturated rings. The summed E-state index contributed by atoms with van der Waals surface area (Å²) < 4.78 is 30.8. The monoisotopic (exact) mass is 341 g/mol. The normalized spacial score (nSPS) is 12.9. The molecule has 1 N–H and O–H groups in total. The second kappa shape index (κ2) is 8.12. The van der Waals surface area contributed by atoms with Crippen LogP contribution in [-0.4, -0.2) is 44.5 Å². The Hall–Kier alpha value is -1.86. The van der Waals surface area contributed by atoms with Crippen LogP contribution < -0.4 is 0 Å². The molecular formula is C16H23NO5S. The first-order chi connectivity index (χ1) is 10.7. The van der Waals surface area contributed by atoms with Crippen molar-refractivity contribution < 1.29 is 23.1 Å². The zero-order valence-electron chi connectivity index (χ0n) is 13.7. The van der Waals surface area contributed by atoms with Crippen molar-refractivity contribution in [2.24, 2.45) is 5.92 Å². The maximum atomic E-state index is 12.5. The van der Waals surface area contributed by atoms with Crippen LogP contribution in [0.4, 0.5) is 0 Å². The number of allylic oxidation sites excluding steroid dienone is 1. The molecule has 1 aromatic carbocycles. The van der Waals surface area contributed by atoms with Gasteiger partial charge in [-0.15, -0.1) is 6.58 Å². The Bertz CT molecular complexity index is 669. The molecule has 0 amide bonds. The van der Waals surface area contributed by atoms with Crippen molar-refractivity contribution in [2.45, 2.75) is 24.7 Å². The molecular weight excluding hydrogens is 318 g/mol. The van der Waals surface area contributed by atoms with Crippen molar-refractivity contribution in [1.82, 2.24) is 4.31 Å². The van der Waals surface area contributed by atoms with Gasteiger partial charge in [0, 0.05) is 13.6 Å². The second-order valence-corrected chi connectivity index (χ2v) is 7.40. The van der Waals surface area contributed by atoms with Crippen LogP contribution in [0.15, 0.2) is 35.7 Å². The minimum atomic E-state index is -3.74. The number of phenols is 1. The molecule has 1 aromatic rings. The summed E-state index contributed by atoms with van der Waals surface area (Å²) in [6, 6.07) is 3.56. The highest BCUT2D eigenvalue weighted by Crippen LogP contribution is 2.24. The Morgan fingerprint density at radius 1 is 1.48 bits per heavy atom. The lowest BCUT2D eigenvalue weighted by Gasteiger charge is -2.18. The van der Waals surface area contributed by atoms with Crippen LogP contribution in [0, 0.1) is 5.92 Å². The molecule has 6 nitrogen and oxygen atoms in total. The van der Waals surface area contributed by atoms with E-state index in [4.69, 9.17) is 0 Å². The Morgan fingerprint density at radius 3 is 2.70 bits per heavy atom. The molecule has 0 radical (unpaired) electrons. The molecule has 0 spiro atoms. The van der Waals surface area contributed by atoms with Gasteiger partial charge in [0.25, 0.3) is 0 Å². The van der Waals surface area contributed by atoms with Crippen molar-refractivity contribution in [2.75, 3.05) is 20.7 Å². The molecule has 0 saturated heterocycles. The molecule has 7 heteroatoms. The van der Waals surface area contributed by atoms with Gasteiger partial charge >= 0.3 is 5.97 Å². The lowest BCUT2D eigenvalue weighted by atomic mass is 10.1. The van der Waals surface area contributed by atoms with Crippen LogP contribution in [-0.2, 0) is 14.8 Å². The van der Waals surface area contributed by atoms with E-state index < -0.39 is 16.0 Å². The molecule has 0 bridgehead atoms. The first-order valence-electron chi connectivity index (χ1n) is 7.24. The summed E-state index contributed by atoms with van der Waals surface area (Å²) >= 11 is 0. The average molecular weight is 341 g/mol. The average Bonchev–Trinajstić information content (AvgIpc) is 2.53. The maximum absolute atomic E-state index is 12.5. The standard InChI is InChI=1S/C16H23NO5S/c1-5-12(2)7-6-10-17(3)23(20,21)13-8-9-15(18)14(11-13)16(19)22-4/h5,8-9,11-12,18H,1,6-7,10H2,2-4H3. The third kappa shape index (κ3) is 4.80. The molecule has 128 valence electrons. The molecule has 1 rings (SSSR count). The number of phenolic OH excluding ortho intramolecular Hbond substituents is 1. The quantitative estimate of drug-likeness (QED) is 0.580. The Labute approximate surface area is 137 Å². The van der Waals surface area contributed by atoms with Gasteiger partial charge < -0.3 is 9.84 Å². The fourth-order valence-electron chi connectivity index (χ4n) is 2.00. The van der Waals surface area contributed by atoms with E-state index in [1.165, 1.54) is 23.5 Å². The predicted octanol–water partition coefficient (Wildman–Crippen LogP) is 2.40. The SMILES string of the molecule is C=CC(C)CCCN(C)S(=O)(=O)c1ccc(O)c(C(=O)OC)c1. The fraction of sp³-hybridized carbons (Fsp3) is 0.438. The molecule has 0 saturated carbocycles. The van der Waals surface area contributed by atoms with Gasteiger partial charge in [-0.1, -0.05) is 13.0 Å². The van der Waals surface area contributed by atoms with Gasteiger partial charge in [0.05, 0.1) is 12.0 Å². The highest BCUT2D eigenvalue weighted by atomic mass is 32.2. The van der Waals surface area contributed by atoms with E-state index in [1.807, 2.05) is 13.0 Å². The van der Waals surface area contributed by atoms with Gasteiger partial charge in [0.15, 0.2) is 0 Å². The number of hydrogen-bond donors (Lipinski definition) is 1. The molecule has 0 aliphatic rings. The summed E-state index contributed by atoms with van der Waals surface area (Å²) in [6.45, 7) is 6.07. The van der Waals surface area contributed by atoms with Gasteiger partial charge in [-0.3, -0.25) is 0 Å². The summed E-state index contributed by atoms with van der Waals surface area (Å²) in [5.41, 5.74) is -0.178. The lowest BCUT2D eigenvalue weighted by Crippen LogP contribution is -2.28. The second-order valence-electron chi connectivity index (χ2n) is 5.35. The number of hydrogen-bond acceptors (Lipinski definition) is 5. The number of nitrogens with zero attached hydrogens (tertiary/aromatic N) is 1. The smallest absolute Gasteiger partial charge is 0.341 e. The van der Waals surface area contributed by atoms with Crippen LogP contribution in [0.3, 0.4) is 0 Å². The summed E-state index contributed by atoms with van der Waals surface area (Å²) in [5, 5.41) is 9.65. The van der Waals surface area contributed by atoms with Gasteiger partial charge in [0.1, 0.15) is 11.3 Å². The van der Waals surface area contributed by atoms with Crippen molar-refractivity contribution in [3.63, 3.8) is 0 Å². The van der Waals surface area contributed by atoms with Gasteiger partial charge in [-0.2, -0.15) is 0 Å². The van der Waals surface area contributed by atoms with E-state index in [0.29, 0.717) is 18.9 Å². The van der Waals surface area contributed by atoms with E-state index in [-0.39, 0.29) is 16.2 Å². The molecule has 0 aromatic heterocycles. The predicted molar refractivity (Wildman–Crippen MR) is 87.9 cm³/mol. The molecule has 0 aliphatic carbocycles. The van der Waals surface area contributed by atoms with E-state index in [1.54, 1.807) is 0 Å². The third-order valence-corrected chi connectivity index (χ3v) is 5.47. The van der Waals surface area contributed by atoms with Crippen LogP contribution in [0.25, 0.3) is 0 Å². The Kier molecular flexibility index (Phi) is 6.78. The number of rotatable bonds is 8. The van der Waals surface area contributed by atoms with Crippen molar-refractivity contribution in [1.29, 1.82) is 0 Å². The third-order valence-electron chi connectivity index (χ3n) is 3.62. The molecule has 1 unspecified atom stereocenters. The maximum Gasteiger partial charge on any atom is 0.341 e. The van der Waals surface area contributed by atoms with Crippen LogP contribution in [0.1, 0.15) is 30.1 Å². The lowest BCUT2D eigenvalue weighted by molar-refractivity contribution is 0.0597. The van der Waals surface area contributed by atoms with Crippen LogP contribution >= 0.6 is 0 Å². The fourth-order valence-corrected chi connectivity index (χ4v) is 3.24. The van der Waals surface area contributed by atoms with Gasteiger partial charge in [0.2, 0.25) is 10.0 Å². The summed E-state index contributed by atoms with van der Waals surface area (Å²) in [6.07, 6.45) is 3.37. The number of aromatic hydroxyl groups is 1.